The summed E-state index contributed by atoms with van der Waals surface area (Å²) in [5, 5.41) is 11.3. The summed E-state index contributed by atoms with van der Waals surface area (Å²) in [6, 6.07) is 14.4. The van der Waals surface area contributed by atoms with Crippen molar-refractivity contribution < 1.29 is 14.4 Å². The Balaban J connectivity index is 2.33. The Labute approximate surface area is 129 Å². The first kappa shape index (κ1) is 15.6. The lowest BCUT2D eigenvalue weighted by atomic mass is 10.1. The number of benzene rings is 2. The second-order valence-electron chi connectivity index (χ2n) is 4.66. The van der Waals surface area contributed by atoms with Crippen molar-refractivity contribution in [2.75, 3.05) is 14.2 Å². The van der Waals surface area contributed by atoms with Gasteiger partial charge in [-0.25, -0.2) is 0 Å². The van der Waals surface area contributed by atoms with E-state index < -0.39 is 0 Å². The van der Waals surface area contributed by atoms with Gasteiger partial charge in [-0.2, -0.15) is 0 Å². The van der Waals surface area contributed by atoms with E-state index in [4.69, 9.17) is 9.47 Å². The average molecular weight is 299 g/mol. The van der Waals surface area contributed by atoms with Gasteiger partial charge in [-0.05, 0) is 23.8 Å². The largest absolute Gasteiger partial charge is 0.497 e. The number of para-hydroxylation sites is 1. The molecule has 0 N–H and O–H groups in total. The summed E-state index contributed by atoms with van der Waals surface area (Å²) in [6.07, 6.45) is 1.75. The summed E-state index contributed by atoms with van der Waals surface area (Å²) in [7, 11) is 3.11. The summed E-state index contributed by atoms with van der Waals surface area (Å²) in [6.45, 7) is 0. The molecule has 0 spiro atoms. The van der Waals surface area contributed by atoms with Crippen LogP contribution in [0.25, 0.3) is 6.08 Å². The Bertz CT molecular complexity index is 695. The molecule has 114 valence electrons. The predicted molar refractivity (Wildman–Crippen MR) is 84.7 cm³/mol. The van der Waals surface area contributed by atoms with Crippen LogP contribution in [0.3, 0.4) is 0 Å². The highest BCUT2D eigenvalue weighted by molar-refractivity contribution is 5.59. The third-order valence-corrected chi connectivity index (χ3v) is 3.21. The number of methoxy groups -OCH3 is 2. The molecule has 0 fully saturated rings. The number of nitro groups is 1. The molecule has 0 heterocycles. The molecular formula is C17H17NO4. The van der Waals surface area contributed by atoms with Gasteiger partial charge in [-0.15, -0.1) is 0 Å². The second-order valence-corrected chi connectivity index (χ2v) is 4.66. The fourth-order valence-corrected chi connectivity index (χ4v) is 2.13. The Kier molecular flexibility index (Phi) is 5.14. The molecule has 0 amide bonds. The highest BCUT2D eigenvalue weighted by atomic mass is 16.6. The van der Waals surface area contributed by atoms with E-state index in [-0.39, 0.29) is 17.0 Å². The molecule has 0 aliphatic heterocycles. The molecule has 0 aromatic heterocycles. The van der Waals surface area contributed by atoms with Gasteiger partial charge in [0.2, 0.25) is 0 Å². The van der Waals surface area contributed by atoms with Crippen LogP contribution in [0.4, 0.5) is 0 Å². The number of ether oxygens (including phenoxy) is 2. The molecule has 5 nitrogen and oxygen atoms in total. The molecule has 0 radical (unpaired) electrons. The molecule has 0 aliphatic rings. The first-order valence-corrected chi connectivity index (χ1v) is 6.75. The summed E-state index contributed by atoms with van der Waals surface area (Å²) >= 11 is 0. The maximum Gasteiger partial charge on any atom is 0.251 e. The lowest BCUT2D eigenvalue weighted by Crippen LogP contribution is -2.03. The first-order valence-electron chi connectivity index (χ1n) is 6.75. The topological polar surface area (TPSA) is 61.6 Å². The standard InChI is InChI=1S/C17H17NO4/c1-21-16-8-5-6-13(11-16)10-15(18(19)20)12-14-7-3-4-9-17(14)22-2/h3-9,11-12H,10H2,1-2H3/b15-12-. The minimum absolute atomic E-state index is 0.0951. The van der Waals surface area contributed by atoms with Crippen molar-refractivity contribution >= 4 is 6.08 Å². The van der Waals surface area contributed by atoms with Crippen LogP contribution in [0.2, 0.25) is 0 Å². The van der Waals surface area contributed by atoms with Gasteiger partial charge in [-0.3, -0.25) is 10.1 Å². The van der Waals surface area contributed by atoms with Crippen LogP contribution < -0.4 is 9.47 Å². The van der Waals surface area contributed by atoms with E-state index in [1.165, 1.54) is 6.08 Å². The lowest BCUT2D eigenvalue weighted by Gasteiger charge is -2.06. The van der Waals surface area contributed by atoms with Crippen LogP contribution in [-0.2, 0) is 6.42 Å². The van der Waals surface area contributed by atoms with E-state index in [2.05, 4.69) is 0 Å². The fourth-order valence-electron chi connectivity index (χ4n) is 2.13. The highest BCUT2D eigenvalue weighted by Crippen LogP contribution is 2.23. The summed E-state index contributed by atoms with van der Waals surface area (Å²) in [4.78, 5) is 11.0. The van der Waals surface area contributed by atoms with E-state index in [1.54, 1.807) is 38.5 Å². The third kappa shape index (κ3) is 3.85. The van der Waals surface area contributed by atoms with Crippen molar-refractivity contribution in [2.45, 2.75) is 6.42 Å². The van der Waals surface area contributed by atoms with Crippen LogP contribution >= 0.6 is 0 Å². The number of hydrogen-bond acceptors (Lipinski definition) is 4. The van der Waals surface area contributed by atoms with E-state index in [1.807, 2.05) is 24.3 Å². The van der Waals surface area contributed by atoms with Crippen molar-refractivity contribution in [1.82, 2.24) is 0 Å². The minimum Gasteiger partial charge on any atom is -0.497 e. The maximum absolute atomic E-state index is 11.3. The van der Waals surface area contributed by atoms with Gasteiger partial charge in [0.25, 0.3) is 5.70 Å². The van der Waals surface area contributed by atoms with Crippen molar-refractivity contribution in [3.05, 3.63) is 75.5 Å². The Morgan fingerprint density at radius 1 is 1.14 bits per heavy atom. The molecule has 0 saturated heterocycles. The molecule has 0 unspecified atom stereocenters. The maximum atomic E-state index is 11.3. The van der Waals surface area contributed by atoms with Crippen molar-refractivity contribution in [1.29, 1.82) is 0 Å². The van der Waals surface area contributed by atoms with Crippen molar-refractivity contribution in [3.8, 4) is 11.5 Å². The highest BCUT2D eigenvalue weighted by Gasteiger charge is 2.14. The zero-order valence-corrected chi connectivity index (χ0v) is 12.5. The molecule has 22 heavy (non-hydrogen) atoms. The van der Waals surface area contributed by atoms with Crippen LogP contribution in [0.5, 0.6) is 11.5 Å². The van der Waals surface area contributed by atoms with Crippen molar-refractivity contribution in [3.63, 3.8) is 0 Å². The molecule has 0 bridgehead atoms. The van der Waals surface area contributed by atoms with Crippen molar-refractivity contribution in [2.24, 2.45) is 0 Å². The molecule has 0 saturated carbocycles. The van der Waals surface area contributed by atoms with E-state index in [0.29, 0.717) is 17.1 Å². The Morgan fingerprint density at radius 2 is 1.91 bits per heavy atom. The summed E-state index contributed by atoms with van der Waals surface area (Å²) in [5.74, 6) is 1.28. The first-order chi connectivity index (χ1) is 10.6. The average Bonchev–Trinajstić information content (AvgIpc) is 2.54. The van der Waals surface area contributed by atoms with Crippen LogP contribution in [0.1, 0.15) is 11.1 Å². The molecule has 2 aromatic carbocycles. The quantitative estimate of drug-likeness (QED) is 0.604. The van der Waals surface area contributed by atoms with E-state index in [9.17, 15) is 10.1 Å². The monoisotopic (exact) mass is 299 g/mol. The van der Waals surface area contributed by atoms with Gasteiger partial charge >= 0.3 is 0 Å². The molecule has 2 aromatic rings. The number of nitrogens with zero attached hydrogens (tertiary/aromatic N) is 1. The van der Waals surface area contributed by atoms with Gasteiger partial charge in [0.15, 0.2) is 0 Å². The molecule has 0 atom stereocenters. The predicted octanol–water partition coefficient (Wildman–Crippen LogP) is 3.56. The minimum atomic E-state index is -0.369. The number of allylic oxidation sites excluding steroid dienone is 1. The lowest BCUT2D eigenvalue weighted by molar-refractivity contribution is -0.425. The number of rotatable bonds is 6. The molecule has 5 heteroatoms. The zero-order valence-electron chi connectivity index (χ0n) is 12.5. The van der Waals surface area contributed by atoms with Gasteiger partial charge in [0, 0.05) is 11.6 Å². The van der Waals surface area contributed by atoms with Crippen LogP contribution in [0, 0.1) is 10.1 Å². The molecule has 0 aliphatic carbocycles. The van der Waals surface area contributed by atoms with Crippen LogP contribution in [0.15, 0.2) is 54.2 Å². The Morgan fingerprint density at radius 3 is 2.59 bits per heavy atom. The van der Waals surface area contributed by atoms with Gasteiger partial charge < -0.3 is 9.47 Å². The SMILES string of the molecule is COc1cccc(C/C(=C/c2ccccc2OC)[N+](=O)[O-])c1. The smallest absolute Gasteiger partial charge is 0.251 e. The molecule has 2 rings (SSSR count). The van der Waals surface area contributed by atoms with E-state index >= 15 is 0 Å². The zero-order chi connectivity index (χ0) is 15.9. The summed E-state index contributed by atoms with van der Waals surface area (Å²) in [5.41, 5.74) is 1.59. The summed E-state index contributed by atoms with van der Waals surface area (Å²) < 4.78 is 10.4. The van der Waals surface area contributed by atoms with E-state index in [0.717, 1.165) is 5.56 Å². The second kappa shape index (κ2) is 7.26. The molecular weight excluding hydrogens is 282 g/mol. The van der Waals surface area contributed by atoms with Gasteiger partial charge in [-0.1, -0.05) is 30.3 Å². The normalized spacial score (nSPS) is 11.1. The Hall–Kier alpha value is -2.82. The third-order valence-electron chi connectivity index (χ3n) is 3.21. The van der Waals surface area contributed by atoms with Gasteiger partial charge in [0.05, 0.1) is 25.6 Å². The van der Waals surface area contributed by atoms with Crippen LogP contribution in [-0.4, -0.2) is 19.1 Å². The fraction of sp³-hybridized carbons (Fsp3) is 0.176. The number of hydrogen-bond donors (Lipinski definition) is 0. The van der Waals surface area contributed by atoms with Gasteiger partial charge in [0.1, 0.15) is 11.5 Å².